The molecule has 0 spiro atoms. The van der Waals surface area contributed by atoms with Crippen LogP contribution in [0.4, 0.5) is 0 Å². The van der Waals surface area contributed by atoms with E-state index >= 15 is 0 Å². The second-order valence-electron chi connectivity index (χ2n) is 5.36. The van der Waals surface area contributed by atoms with Crippen molar-refractivity contribution in [2.24, 2.45) is 0 Å². The summed E-state index contributed by atoms with van der Waals surface area (Å²) in [5.41, 5.74) is 2.54. The van der Waals surface area contributed by atoms with Crippen LogP contribution in [-0.4, -0.2) is 16.9 Å². The third-order valence-corrected chi connectivity index (χ3v) is 3.75. The molecule has 0 aliphatic heterocycles. The molecule has 0 aliphatic carbocycles. The fraction of sp³-hybridized carbons (Fsp3) is 0.200. The first-order valence-corrected chi connectivity index (χ1v) is 7.68. The molecular formula is C20H20O3. The van der Waals surface area contributed by atoms with Gasteiger partial charge in [0.15, 0.2) is 0 Å². The lowest BCUT2D eigenvalue weighted by molar-refractivity contribution is -0.140. The van der Waals surface area contributed by atoms with Crippen LogP contribution < -0.4 is 0 Å². The molecule has 0 fully saturated rings. The standard InChI is InChI=1S/C20H20O3/c1-2-17(21)14-19(20(22)23)18-11-7-6-10-16(18)13-12-15-8-4-3-5-9-15/h3-13,19H,2,14H2,1H3,(H,22,23). The largest absolute Gasteiger partial charge is 0.481 e. The Morgan fingerprint density at radius 1 is 1.00 bits per heavy atom. The van der Waals surface area contributed by atoms with Gasteiger partial charge in [0.2, 0.25) is 0 Å². The van der Waals surface area contributed by atoms with Crippen molar-refractivity contribution in [2.45, 2.75) is 25.7 Å². The zero-order valence-corrected chi connectivity index (χ0v) is 13.1. The molecule has 3 heteroatoms. The van der Waals surface area contributed by atoms with Crippen molar-refractivity contribution >= 4 is 23.9 Å². The number of hydrogen-bond donors (Lipinski definition) is 1. The van der Waals surface area contributed by atoms with Gasteiger partial charge in [-0.05, 0) is 16.7 Å². The first-order chi connectivity index (χ1) is 11.1. The minimum absolute atomic E-state index is 0.0298. The summed E-state index contributed by atoms with van der Waals surface area (Å²) in [5, 5.41) is 9.50. The predicted octanol–water partition coefficient (Wildman–Crippen LogP) is 4.39. The molecule has 23 heavy (non-hydrogen) atoms. The quantitative estimate of drug-likeness (QED) is 0.772. The lowest BCUT2D eigenvalue weighted by atomic mass is 9.89. The Bertz CT molecular complexity index is 702. The molecule has 0 radical (unpaired) electrons. The summed E-state index contributed by atoms with van der Waals surface area (Å²) in [6, 6.07) is 17.1. The van der Waals surface area contributed by atoms with Crippen molar-refractivity contribution in [2.75, 3.05) is 0 Å². The van der Waals surface area contributed by atoms with E-state index in [0.717, 1.165) is 11.1 Å². The Hall–Kier alpha value is -2.68. The fourth-order valence-electron chi connectivity index (χ4n) is 2.43. The van der Waals surface area contributed by atoms with E-state index in [1.54, 1.807) is 13.0 Å². The number of hydrogen-bond acceptors (Lipinski definition) is 2. The maximum absolute atomic E-state index is 11.7. The number of aliphatic carboxylic acids is 1. The van der Waals surface area contributed by atoms with Gasteiger partial charge in [0.25, 0.3) is 0 Å². The topological polar surface area (TPSA) is 54.4 Å². The molecule has 1 atom stereocenters. The minimum Gasteiger partial charge on any atom is -0.481 e. The van der Waals surface area contributed by atoms with Crippen molar-refractivity contribution in [1.29, 1.82) is 0 Å². The highest BCUT2D eigenvalue weighted by atomic mass is 16.4. The summed E-state index contributed by atoms with van der Waals surface area (Å²) >= 11 is 0. The molecule has 0 bridgehead atoms. The number of carboxylic acid groups (broad SMARTS) is 1. The second kappa shape index (κ2) is 8.08. The summed E-state index contributed by atoms with van der Waals surface area (Å²) in [6.07, 6.45) is 4.23. The molecule has 0 saturated carbocycles. The maximum Gasteiger partial charge on any atom is 0.311 e. The van der Waals surface area contributed by atoms with Crippen molar-refractivity contribution in [3.63, 3.8) is 0 Å². The summed E-state index contributed by atoms with van der Waals surface area (Å²) in [4.78, 5) is 23.3. The minimum atomic E-state index is -0.965. The Balaban J connectivity index is 2.33. The molecule has 0 aromatic heterocycles. The van der Waals surface area contributed by atoms with Crippen molar-refractivity contribution < 1.29 is 14.7 Å². The van der Waals surface area contributed by atoms with E-state index in [9.17, 15) is 14.7 Å². The lowest BCUT2D eigenvalue weighted by Crippen LogP contribution is -2.16. The second-order valence-corrected chi connectivity index (χ2v) is 5.36. The molecule has 0 amide bonds. The fourth-order valence-corrected chi connectivity index (χ4v) is 2.43. The average Bonchev–Trinajstić information content (AvgIpc) is 2.58. The molecule has 118 valence electrons. The van der Waals surface area contributed by atoms with Crippen molar-refractivity contribution in [3.8, 4) is 0 Å². The SMILES string of the molecule is CCC(=O)CC(C(=O)O)c1ccccc1C=Cc1ccccc1. The van der Waals surface area contributed by atoms with Crippen LogP contribution in [0.3, 0.4) is 0 Å². The summed E-state index contributed by atoms with van der Waals surface area (Å²) in [6.45, 7) is 1.75. The number of rotatable bonds is 7. The van der Waals surface area contributed by atoms with Gasteiger partial charge in [0.05, 0.1) is 5.92 Å². The number of carbonyl (C=O) groups is 2. The Kier molecular flexibility index (Phi) is 5.87. The summed E-state index contributed by atoms with van der Waals surface area (Å²) in [5.74, 6) is -1.81. The number of Topliss-reactive ketones (excluding diaryl/α,β-unsaturated/α-hetero) is 1. The van der Waals surface area contributed by atoms with Crippen LogP contribution in [0.15, 0.2) is 54.6 Å². The summed E-state index contributed by atoms with van der Waals surface area (Å²) < 4.78 is 0. The van der Waals surface area contributed by atoms with Gasteiger partial charge < -0.3 is 5.11 Å². The molecule has 1 unspecified atom stereocenters. The lowest BCUT2D eigenvalue weighted by Gasteiger charge is -2.14. The molecule has 0 heterocycles. The highest BCUT2D eigenvalue weighted by molar-refractivity contribution is 5.88. The maximum atomic E-state index is 11.7. The zero-order valence-electron chi connectivity index (χ0n) is 13.1. The predicted molar refractivity (Wildman–Crippen MR) is 92.1 cm³/mol. The first kappa shape index (κ1) is 16.7. The van der Waals surface area contributed by atoms with E-state index < -0.39 is 11.9 Å². The normalized spacial score (nSPS) is 12.2. The monoisotopic (exact) mass is 308 g/mol. The van der Waals surface area contributed by atoms with Gasteiger partial charge in [0, 0.05) is 12.8 Å². The molecule has 2 aromatic carbocycles. The molecule has 2 aromatic rings. The van der Waals surface area contributed by atoms with Crippen LogP contribution >= 0.6 is 0 Å². The van der Waals surface area contributed by atoms with Crippen molar-refractivity contribution in [3.05, 3.63) is 71.3 Å². The van der Waals surface area contributed by atoms with Gasteiger partial charge in [-0.1, -0.05) is 73.7 Å². The van der Waals surface area contributed by atoms with Gasteiger partial charge in [0.1, 0.15) is 5.78 Å². The van der Waals surface area contributed by atoms with Crippen LogP contribution in [0.25, 0.3) is 12.2 Å². The van der Waals surface area contributed by atoms with E-state index in [0.29, 0.717) is 12.0 Å². The smallest absolute Gasteiger partial charge is 0.311 e. The Morgan fingerprint density at radius 3 is 2.30 bits per heavy atom. The van der Waals surface area contributed by atoms with E-state index in [4.69, 9.17) is 0 Å². The third-order valence-electron chi connectivity index (χ3n) is 3.75. The Labute approximate surface area is 136 Å². The molecular weight excluding hydrogens is 288 g/mol. The van der Waals surface area contributed by atoms with Gasteiger partial charge in [-0.2, -0.15) is 0 Å². The number of ketones is 1. The van der Waals surface area contributed by atoms with Crippen LogP contribution in [-0.2, 0) is 9.59 Å². The number of benzene rings is 2. The molecule has 3 nitrogen and oxygen atoms in total. The third kappa shape index (κ3) is 4.65. The highest BCUT2D eigenvalue weighted by Crippen LogP contribution is 2.26. The van der Waals surface area contributed by atoms with Crippen molar-refractivity contribution in [1.82, 2.24) is 0 Å². The molecule has 0 saturated heterocycles. The van der Waals surface area contributed by atoms with Crippen LogP contribution in [0.5, 0.6) is 0 Å². The van der Waals surface area contributed by atoms with Crippen LogP contribution in [0.1, 0.15) is 42.4 Å². The van der Waals surface area contributed by atoms with Gasteiger partial charge >= 0.3 is 5.97 Å². The van der Waals surface area contributed by atoms with E-state index in [1.807, 2.05) is 60.7 Å². The first-order valence-electron chi connectivity index (χ1n) is 7.68. The summed E-state index contributed by atoms with van der Waals surface area (Å²) in [7, 11) is 0. The molecule has 2 rings (SSSR count). The van der Waals surface area contributed by atoms with Crippen LogP contribution in [0, 0.1) is 0 Å². The van der Waals surface area contributed by atoms with E-state index in [1.165, 1.54) is 0 Å². The van der Waals surface area contributed by atoms with Gasteiger partial charge in [-0.25, -0.2) is 0 Å². The molecule has 1 N–H and O–H groups in total. The van der Waals surface area contributed by atoms with E-state index in [2.05, 4.69) is 0 Å². The zero-order chi connectivity index (χ0) is 16.7. The highest BCUT2D eigenvalue weighted by Gasteiger charge is 2.24. The van der Waals surface area contributed by atoms with E-state index in [-0.39, 0.29) is 12.2 Å². The number of carbonyl (C=O) groups excluding carboxylic acids is 1. The van der Waals surface area contributed by atoms with Crippen LogP contribution in [0.2, 0.25) is 0 Å². The average molecular weight is 308 g/mol. The Morgan fingerprint density at radius 2 is 1.65 bits per heavy atom. The number of carboxylic acids is 1. The molecule has 0 aliphatic rings. The van der Waals surface area contributed by atoms with Gasteiger partial charge in [-0.3, -0.25) is 9.59 Å². The van der Waals surface area contributed by atoms with Gasteiger partial charge in [-0.15, -0.1) is 0 Å².